The minimum atomic E-state index is 0.128. The van der Waals surface area contributed by atoms with Crippen LogP contribution in [0.15, 0.2) is 0 Å². The molecule has 0 spiro atoms. The number of rotatable bonds is 4. The highest BCUT2D eigenvalue weighted by Crippen LogP contribution is 2.43. The Bertz CT molecular complexity index is 422. The largest absolute Gasteiger partial charge is 0.484 e. The first-order valence-corrected chi connectivity index (χ1v) is 7.89. The molecule has 1 aromatic heterocycles. The van der Waals surface area contributed by atoms with Crippen LogP contribution in [-0.2, 0) is 0 Å². The Morgan fingerprint density at radius 3 is 2.58 bits per heavy atom. The van der Waals surface area contributed by atoms with Crippen LogP contribution in [0.1, 0.15) is 47.0 Å². The Morgan fingerprint density at radius 1 is 1.42 bits per heavy atom. The Labute approximate surface area is 120 Å². The van der Waals surface area contributed by atoms with Crippen LogP contribution in [-0.4, -0.2) is 23.6 Å². The van der Waals surface area contributed by atoms with Crippen molar-refractivity contribution in [2.75, 3.05) is 23.7 Å². The van der Waals surface area contributed by atoms with E-state index in [0.29, 0.717) is 11.2 Å². The second-order valence-electron chi connectivity index (χ2n) is 6.02. The fourth-order valence-electron chi connectivity index (χ4n) is 2.44. The summed E-state index contributed by atoms with van der Waals surface area (Å²) in [6.45, 7) is 10.8. The Balaban J connectivity index is 2.11. The zero-order chi connectivity index (χ0) is 14.0. The van der Waals surface area contributed by atoms with Gasteiger partial charge in [0.25, 0.3) is 0 Å². The van der Waals surface area contributed by atoms with Crippen molar-refractivity contribution in [3.05, 3.63) is 0 Å². The lowest BCUT2D eigenvalue weighted by atomic mass is 9.78. The van der Waals surface area contributed by atoms with Gasteiger partial charge in [-0.2, -0.15) is 4.37 Å². The van der Waals surface area contributed by atoms with E-state index in [0.717, 1.165) is 23.8 Å². The highest BCUT2D eigenvalue weighted by molar-refractivity contribution is 7.11. The molecule has 0 amide bonds. The number of nitrogen functional groups attached to an aromatic ring is 1. The maximum absolute atomic E-state index is 5.92. The van der Waals surface area contributed by atoms with Crippen LogP contribution in [0.2, 0.25) is 0 Å². The maximum atomic E-state index is 5.92. The van der Waals surface area contributed by atoms with Gasteiger partial charge in [0.2, 0.25) is 0 Å². The summed E-state index contributed by atoms with van der Waals surface area (Å²) in [5, 5.41) is 1.10. The number of piperidine rings is 1. The van der Waals surface area contributed by atoms with E-state index in [1.54, 1.807) is 0 Å². The van der Waals surface area contributed by atoms with Crippen LogP contribution in [0.5, 0.6) is 5.75 Å². The first-order chi connectivity index (χ1) is 8.95. The number of nitrogens with two attached hydrogens (primary N) is 1. The molecule has 108 valence electrons. The van der Waals surface area contributed by atoms with Crippen molar-refractivity contribution in [3.8, 4) is 5.75 Å². The van der Waals surface area contributed by atoms with Crippen LogP contribution in [0, 0.1) is 5.41 Å². The summed E-state index contributed by atoms with van der Waals surface area (Å²) >= 11 is 1.46. The van der Waals surface area contributed by atoms with Crippen molar-refractivity contribution in [1.29, 1.82) is 0 Å². The van der Waals surface area contributed by atoms with E-state index >= 15 is 0 Å². The van der Waals surface area contributed by atoms with Crippen molar-refractivity contribution < 1.29 is 4.74 Å². The van der Waals surface area contributed by atoms with Crippen molar-refractivity contribution in [1.82, 2.24) is 4.37 Å². The summed E-state index contributed by atoms with van der Waals surface area (Å²) in [5.74, 6) is 1.30. The molecular weight excluding hydrogens is 258 g/mol. The first kappa shape index (κ1) is 14.4. The van der Waals surface area contributed by atoms with Gasteiger partial charge < -0.3 is 15.4 Å². The van der Waals surface area contributed by atoms with Crippen LogP contribution < -0.4 is 15.4 Å². The van der Waals surface area contributed by atoms with Crippen molar-refractivity contribution >= 4 is 22.4 Å². The molecular formula is C14H25N3OS. The van der Waals surface area contributed by atoms with Crippen molar-refractivity contribution in [2.24, 2.45) is 5.41 Å². The molecule has 0 radical (unpaired) electrons. The highest BCUT2D eigenvalue weighted by atomic mass is 32.1. The van der Waals surface area contributed by atoms with Gasteiger partial charge in [-0.05, 0) is 43.6 Å². The lowest BCUT2D eigenvalue weighted by molar-refractivity contribution is 0.231. The molecule has 0 saturated carbocycles. The van der Waals surface area contributed by atoms with E-state index in [9.17, 15) is 0 Å². The minimum Gasteiger partial charge on any atom is -0.484 e. The SMILES string of the molecule is CCC1(C)CCN(c2snc(N)c2OC(C)C)CC1. The molecule has 4 nitrogen and oxygen atoms in total. The van der Waals surface area contributed by atoms with Crippen molar-refractivity contribution in [2.45, 2.75) is 53.1 Å². The molecule has 1 saturated heterocycles. The third-order valence-electron chi connectivity index (χ3n) is 4.12. The minimum absolute atomic E-state index is 0.128. The number of anilines is 2. The standard InChI is InChI=1S/C14H25N3OS/c1-5-14(4)6-8-17(9-7-14)13-11(18-10(2)3)12(15)16-19-13/h10H,5-9H2,1-4H3,(H2,15,16). The normalized spacial score (nSPS) is 18.9. The smallest absolute Gasteiger partial charge is 0.198 e. The lowest BCUT2D eigenvalue weighted by Gasteiger charge is -2.39. The summed E-state index contributed by atoms with van der Waals surface area (Å²) in [7, 11) is 0. The van der Waals surface area contributed by atoms with Crippen LogP contribution in [0.3, 0.4) is 0 Å². The molecule has 1 fully saturated rings. The third-order valence-corrected chi connectivity index (χ3v) is 5.03. The van der Waals surface area contributed by atoms with E-state index < -0.39 is 0 Å². The van der Waals surface area contributed by atoms with E-state index in [-0.39, 0.29) is 6.10 Å². The molecule has 0 unspecified atom stereocenters. The molecule has 19 heavy (non-hydrogen) atoms. The molecule has 0 aliphatic carbocycles. The second kappa shape index (κ2) is 5.57. The molecule has 1 aromatic rings. The Hall–Kier alpha value is -0.970. The highest BCUT2D eigenvalue weighted by Gasteiger charge is 2.31. The first-order valence-electron chi connectivity index (χ1n) is 7.12. The van der Waals surface area contributed by atoms with E-state index in [2.05, 4.69) is 23.1 Å². The molecule has 1 aliphatic rings. The fraction of sp³-hybridized carbons (Fsp3) is 0.786. The van der Waals surface area contributed by atoms with E-state index in [1.165, 1.54) is 30.8 Å². The predicted molar refractivity (Wildman–Crippen MR) is 82.1 cm³/mol. The quantitative estimate of drug-likeness (QED) is 0.918. The average molecular weight is 283 g/mol. The molecule has 1 aliphatic heterocycles. The predicted octanol–water partition coefficient (Wildman–Crippen LogP) is 3.53. The van der Waals surface area contributed by atoms with Gasteiger partial charge in [-0.3, -0.25) is 0 Å². The molecule has 5 heteroatoms. The fourth-order valence-corrected chi connectivity index (χ4v) is 3.24. The summed E-state index contributed by atoms with van der Waals surface area (Å²) in [5.41, 5.74) is 6.42. The third kappa shape index (κ3) is 3.14. The number of hydrogen-bond donors (Lipinski definition) is 1. The Kier molecular flexibility index (Phi) is 4.23. The van der Waals surface area contributed by atoms with Crippen LogP contribution in [0.4, 0.5) is 10.8 Å². The Morgan fingerprint density at radius 2 is 2.05 bits per heavy atom. The summed E-state index contributed by atoms with van der Waals surface area (Å²) < 4.78 is 10.1. The molecule has 0 atom stereocenters. The van der Waals surface area contributed by atoms with Gasteiger partial charge >= 0.3 is 0 Å². The zero-order valence-electron chi connectivity index (χ0n) is 12.4. The number of hydrogen-bond acceptors (Lipinski definition) is 5. The van der Waals surface area contributed by atoms with Crippen molar-refractivity contribution in [3.63, 3.8) is 0 Å². The summed E-state index contributed by atoms with van der Waals surface area (Å²) in [6.07, 6.45) is 3.83. The molecule has 2 N–H and O–H groups in total. The number of ether oxygens (including phenoxy) is 1. The topological polar surface area (TPSA) is 51.4 Å². The lowest BCUT2D eigenvalue weighted by Crippen LogP contribution is -2.38. The number of aromatic nitrogens is 1. The van der Waals surface area contributed by atoms with Gasteiger partial charge in [-0.15, -0.1) is 0 Å². The average Bonchev–Trinajstić information content (AvgIpc) is 2.72. The van der Waals surface area contributed by atoms with Gasteiger partial charge in [0.15, 0.2) is 16.6 Å². The van der Waals surface area contributed by atoms with Gasteiger partial charge in [0.1, 0.15) is 0 Å². The van der Waals surface area contributed by atoms with Crippen LogP contribution >= 0.6 is 11.5 Å². The second-order valence-corrected chi connectivity index (χ2v) is 6.77. The molecule has 0 bridgehead atoms. The van der Waals surface area contributed by atoms with E-state index in [1.807, 2.05) is 13.8 Å². The maximum Gasteiger partial charge on any atom is 0.198 e. The van der Waals surface area contributed by atoms with Gasteiger partial charge in [-0.1, -0.05) is 20.3 Å². The molecule has 0 aromatic carbocycles. The van der Waals surface area contributed by atoms with Crippen LogP contribution in [0.25, 0.3) is 0 Å². The van der Waals surface area contributed by atoms with Gasteiger partial charge in [0.05, 0.1) is 6.10 Å². The van der Waals surface area contributed by atoms with E-state index in [4.69, 9.17) is 10.5 Å². The monoisotopic (exact) mass is 283 g/mol. The zero-order valence-corrected chi connectivity index (χ0v) is 13.2. The van der Waals surface area contributed by atoms with Gasteiger partial charge in [-0.25, -0.2) is 0 Å². The summed E-state index contributed by atoms with van der Waals surface area (Å²) in [6, 6.07) is 0. The van der Waals surface area contributed by atoms with Gasteiger partial charge in [0, 0.05) is 13.1 Å². The number of nitrogens with zero attached hydrogens (tertiary/aromatic N) is 2. The molecule has 2 heterocycles. The summed E-state index contributed by atoms with van der Waals surface area (Å²) in [4.78, 5) is 2.38. The molecule has 2 rings (SSSR count).